The number of likely N-dealkylation sites (N-methyl/N-ethyl adjacent to an activating group) is 1. The Morgan fingerprint density at radius 1 is 1.05 bits per heavy atom. The van der Waals surface area contributed by atoms with E-state index in [2.05, 4.69) is 36.8 Å². The van der Waals surface area contributed by atoms with Crippen molar-refractivity contribution < 1.29 is 0 Å². The molecule has 0 saturated carbocycles. The fraction of sp³-hybridized carbons (Fsp3) is 0.455. The quantitative estimate of drug-likeness (QED) is 0.770. The van der Waals surface area contributed by atoms with Gasteiger partial charge in [-0.3, -0.25) is 4.57 Å². The summed E-state index contributed by atoms with van der Waals surface area (Å²) in [5, 5.41) is 0. The van der Waals surface area contributed by atoms with Crippen LogP contribution in [0.25, 0.3) is 5.95 Å². The Labute approximate surface area is 110 Å². The molecule has 1 fully saturated rings. The van der Waals surface area contributed by atoms with Crippen molar-refractivity contribution in [3.63, 3.8) is 0 Å². The number of nitrogens with two attached hydrogens (primary N) is 1. The Morgan fingerprint density at radius 2 is 1.79 bits per heavy atom. The van der Waals surface area contributed by atoms with Crippen molar-refractivity contribution in [2.75, 3.05) is 43.9 Å². The molecule has 0 aromatic carbocycles. The molecule has 0 unspecified atom stereocenters. The van der Waals surface area contributed by atoms with Gasteiger partial charge in [-0.15, -0.1) is 0 Å². The van der Waals surface area contributed by atoms with Gasteiger partial charge < -0.3 is 15.5 Å². The van der Waals surface area contributed by atoms with Crippen LogP contribution in [-0.4, -0.2) is 62.6 Å². The van der Waals surface area contributed by atoms with Gasteiger partial charge in [0.2, 0.25) is 17.8 Å². The normalized spacial score (nSPS) is 16.8. The van der Waals surface area contributed by atoms with Gasteiger partial charge >= 0.3 is 0 Å². The van der Waals surface area contributed by atoms with Crippen molar-refractivity contribution in [2.45, 2.75) is 0 Å². The van der Waals surface area contributed by atoms with Crippen LogP contribution in [0.3, 0.4) is 0 Å². The van der Waals surface area contributed by atoms with Crippen LogP contribution in [0.4, 0.5) is 11.9 Å². The molecule has 8 heteroatoms. The molecule has 2 aromatic rings. The minimum Gasteiger partial charge on any atom is -0.368 e. The molecule has 2 aromatic heterocycles. The largest absolute Gasteiger partial charge is 0.368 e. The highest BCUT2D eigenvalue weighted by molar-refractivity contribution is 5.38. The molecule has 0 amide bonds. The predicted octanol–water partition coefficient (Wildman–Crippen LogP) is -0.609. The average Bonchev–Trinajstić information content (AvgIpc) is 2.93. The van der Waals surface area contributed by atoms with E-state index in [0.717, 1.165) is 26.2 Å². The zero-order chi connectivity index (χ0) is 13.2. The summed E-state index contributed by atoms with van der Waals surface area (Å²) < 4.78 is 1.72. The first-order valence-corrected chi connectivity index (χ1v) is 6.16. The molecule has 1 aliphatic heterocycles. The Hall–Kier alpha value is -2.22. The lowest BCUT2D eigenvalue weighted by Crippen LogP contribution is -2.45. The van der Waals surface area contributed by atoms with Crippen LogP contribution in [0.15, 0.2) is 18.7 Å². The van der Waals surface area contributed by atoms with Crippen molar-refractivity contribution in [2.24, 2.45) is 0 Å². The summed E-state index contributed by atoms with van der Waals surface area (Å²) in [6, 6.07) is 0. The van der Waals surface area contributed by atoms with Gasteiger partial charge in [-0.2, -0.15) is 15.0 Å². The van der Waals surface area contributed by atoms with Crippen LogP contribution in [-0.2, 0) is 0 Å². The maximum atomic E-state index is 5.77. The first-order valence-electron chi connectivity index (χ1n) is 6.16. The molecule has 3 rings (SSSR count). The molecule has 3 heterocycles. The molecule has 2 N–H and O–H groups in total. The van der Waals surface area contributed by atoms with E-state index in [4.69, 9.17) is 5.73 Å². The number of piperazine rings is 1. The van der Waals surface area contributed by atoms with E-state index in [-0.39, 0.29) is 5.95 Å². The van der Waals surface area contributed by atoms with Gasteiger partial charge in [-0.1, -0.05) is 0 Å². The third-order valence-corrected chi connectivity index (χ3v) is 3.15. The van der Waals surface area contributed by atoms with Crippen molar-refractivity contribution >= 4 is 11.9 Å². The van der Waals surface area contributed by atoms with Gasteiger partial charge in [0.1, 0.15) is 6.33 Å². The molecular weight excluding hydrogens is 244 g/mol. The van der Waals surface area contributed by atoms with Crippen LogP contribution < -0.4 is 10.6 Å². The van der Waals surface area contributed by atoms with Gasteiger partial charge in [-0.25, -0.2) is 4.98 Å². The monoisotopic (exact) mass is 260 g/mol. The maximum absolute atomic E-state index is 5.77. The second-order valence-electron chi connectivity index (χ2n) is 4.55. The number of nitrogens with zero attached hydrogens (tertiary/aromatic N) is 7. The molecule has 100 valence electrons. The molecular formula is C11H16N8. The average molecular weight is 260 g/mol. The third-order valence-electron chi connectivity index (χ3n) is 3.15. The van der Waals surface area contributed by atoms with E-state index in [1.807, 2.05) is 0 Å². The number of anilines is 2. The number of hydrogen-bond acceptors (Lipinski definition) is 7. The van der Waals surface area contributed by atoms with Gasteiger partial charge in [0, 0.05) is 38.6 Å². The number of hydrogen-bond donors (Lipinski definition) is 1. The third kappa shape index (κ3) is 2.48. The van der Waals surface area contributed by atoms with E-state index in [0.29, 0.717) is 11.9 Å². The highest BCUT2D eigenvalue weighted by atomic mass is 15.4. The maximum Gasteiger partial charge on any atom is 0.241 e. The van der Waals surface area contributed by atoms with E-state index in [1.165, 1.54) is 0 Å². The van der Waals surface area contributed by atoms with Gasteiger partial charge in [-0.05, 0) is 7.05 Å². The van der Waals surface area contributed by atoms with E-state index in [1.54, 1.807) is 23.3 Å². The molecule has 0 spiro atoms. The first-order chi connectivity index (χ1) is 9.22. The van der Waals surface area contributed by atoms with Crippen molar-refractivity contribution in [1.29, 1.82) is 0 Å². The summed E-state index contributed by atoms with van der Waals surface area (Å²) in [4.78, 5) is 21.2. The summed E-state index contributed by atoms with van der Waals surface area (Å²) in [6.45, 7) is 3.77. The van der Waals surface area contributed by atoms with Crippen LogP contribution in [0.1, 0.15) is 0 Å². The first kappa shape index (κ1) is 11.8. The summed E-state index contributed by atoms with van der Waals surface area (Å²) >= 11 is 0. The number of nitrogen functional groups attached to an aromatic ring is 1. The summed E-state index contributed by atoms with van der Waals surface area (Å²) in [5.41, 5.74) is 5.77. The molecule has 1 aliphatic rings. The lowest BCUT2D eigenvalue weighted by atomic mass is 10.3. The number of imidazole rings is 1. The topological polar surface area (TPSA) is 89.0 Å². The van der Waals surface area contributed by atoms with Crippen LogP contribution >= 0.6 is 0 Å². The summed E-state index contributed by atoms with van der Waals surface area (Å²) in [6.07, 6.45) is 5.10. The lowest BCUT2D eigenvalue weighted by molar-refractivity contribution is 0.311. The smallest absolute Gasteiger partial charge is 0.241 e. The van der Waals surface area contributed by atoms with Crippen LogP contribution in [0, 0.1) is 0 Å². The Balaban J connectivity index is 1.90. The molecule has 0 bridgehead atoms. The van der Waals surface area contributed by atoms with E-state index >= 15 is 0 Å². The standard InChI is InChI=1S/C11H16N8/c1-17-4-6-18(7-5-17)10-14-9(12)15-11(16-10)19-3-2-13-8-19/h2-3,8H,4-7H2,1H3,(H2,12,14,15,16). The minimum absolute atomic E-state index is 0.229. The second-order valence-corrected chi connectivity index (χ2v) is 4.55. The fourth-order valence-electron chi connectivity index (χ4n) is 2.01. The number of aromatic nitrogens is 5. The molecule has 8 nitrogen and oxygen atoms in total. The van der Waals surface area contributed by atoms with Crippen LogP contribution in [0.2, 0.25) is 0 Å². The zero-order valence-corrected chi connectivity index (χ0v) is 10.8. The molecule has 0 atom stereocenters. The molecule has 0 radical (unpaired) electrons. The highest BCUT2D eigenvalue weighted by Gasteiger charge is 2.18. The van der Waals surface area contributed by atoms with E-state index < -0.39 is 0 Å². The lowest BCUT2D eigenvalue weighted by Gasteiger charge is -2.32. The highest BCUT2D eigenvalue weighted by Crippen LogP contribution is 2.13. The Bertz CT molecular complexity index is 544. The van der Waals surface area contributed by atoms with Crippen LogP contribution in [0.5, 0.6) is 0 Å². The van der Waals surface area contributed by atoms with Crippen molar-refractivity contribution in [3.05, 3.63) is 18.7 Å². The summed E-state index contributed by atoms with van der Waals surface area (Å²) in [5.74, 6) is 1.36. The fourth-order valence-corrected chi connectivity index (χ4v) is 2.01. The second kappa shape index (κ2) is 4.81. The Morgan fingerprint density at radius 3 is 2.47 bits per heavy atom. The zero-order valence-electron chi connectivity index (χ0n) is 10.8. The Kier molecular flexibility index (Phi) is 3.00. The van der Waals surface area contributed by atoms with Gasteiger partial charge in [0.05, 0.1) is 0 Å². The molecule has 19 heavy (non-hydrogen) atoms. The predicted molar refractivity (Wildman–Crippen MR) is 71.1 cm³/mol. The summed E-state index contributed by atoms with van der Waals surface area (Å²) in [7, 11) is 2.11. The number of rotatable bonds is 2. The van der Waals surface area contributed by atoms with Gasteiger partial charge in [0.25, 0.3) is 0 Å². The van der Waals surface area contributed by atoms with Gasteiger partial charge in [0.15, 0.2) is 0 Å². The molecule has 1 saturated heterocycles. The van der Waals surface area contributed by atoms with Crippen molar-refractivity contribution in [1.82, 2.24) is 29.4 Å². The molecule has 0 aliphatic carbocycles. The minimum atomic E-state index is 0.229. The van der Waals surface area contributed by atoms with E-state index in [9.17, 15) is 0 Å². The SMILES string of the molecule is CN1CCN(c2nc(N)nc(-n3ccnc3)n2)CC1. The van der Waals surface area contributed by atoms with Crippen molar-refractivity contribution in [3.8, 4) is 5.95 Å².